The molecule has 0 N–H and O–H groups in total. The summed E-state index contributed by atoms with van der Waals surface area (Å²) in [5.74, 6) is 0. The van der Waals surface area contributed by atoms with Crippen LogP contribution in [-0.4, -0.2) is 11.3 Å². The zero-order valence-corrected chi connectivity index (χ0v) is 39.8. The number of hydrogen-bond acceptors (Lipinski definition) is 3. The number of rotatable bonds is 4. The van der Waals surface area contributed by atoms with Gasteiger partial charge >= 0.3 is 0 Å². The van der Waals surface area contributed by atoms with E-state index in [0.717, 1.165) is 5.69 Å². The van der Waals surface area contributed by atoms with Gasteiger partial charge in [-0.25, -0.2) is 0 Å². The van der Waals surface area contributed by atoms with Gasteiger partial charge in [-0.1, -0.05) is 133 Å². The van der Waals surface area contributed by atoms with E-state index in [1.54, 1.807) is 0 Å². The van der Waals surface area contributed by atoms with Crippen molar-refractivity contribution in [3.8, 4) is 5.69 Å². The quantitative estimate of drug-likeness (QED) is 0.163. The van der Waals surface area contributed by atoms with Crippen molar-refractivity contribution in [2.24, 2.45) is 0 Å². The van der Waals surface area contributed by atoms with E-state index >= 15 is 0 Å². The average molecular weight is 850 g/mol. The molecule has 0 saturated carbocycles. The minimum absolute atomic E-state index is 0.0458. The molecule has 2 aromatic heterocycles. The molecular formula is C59H56BN3S. The molecule has 3 aliphatic rings. The molecule has 316 valence electrons. The monoisotopic (exact) mass is 849 g/mol. The Morgan fingerprint density at radius 3 is 1.89 bits per heavy atom. The van der Waals surface area contributed by atoms with Crippen molar-refractivity contribution in [1.82, 2.24) is 4.57 Å². The first-order valence-electron chi connectivity index (χ1n) is 23.3. The number of para-hydroxylation sites is 3. The number of benzene rings is 7. The highest BCUT2D eigenvalue weighted by atomic mass is 32.1. The third kappa shape index (κ3) is 5.52. The van der Waals surface area contributed by atoms with Gasteiger partial charge in [-0.05, 0) is 148 Å². The summed E-state index contributed by atoms with van der Waals surface area (Å²) >= 11 is 1.94. The minimum Gasteiger partial charge on any atom is -0.311 e. The summed E-state index contributed by atoms with van der Waals surface area (Å²) in [5, 5.41) is 4.07. The number of nitrogens with zero attached hydrogens (tertiary/aromatic N) is 3. The van der Waals surface area contributed by atoms with E-state index < -0.39 is 0 Å². The highest BCUT2D eigenvalue weighted by Crippen LogP contribution is 2.52. The Hall–Kier alpha value is -6.04. The van der Waals surface area contributed by atoms with Crippen LogP contribution < -0.4 is 26.2 Å². The lowest BCUT2D eigenvalue weighted by molar-refractivity contribution is 0.332. The van der Waals surface area contributed by atoms with Crippen molar-refractivity contribution in [3.63, 3.8) is 0 Å². The molecule has 9 aromatic rings. The van der Waals surface area contributed by atoms with Gasteiger partial charge in [0, 0.05) is 60.7 Å². The van der Waals surface area contributed by atoms with Crippen LogP contribution in [0.4, 0.5) is 34.1 Å². The van der Waals surface area contributed by atoms with Crippen LogP contribution in [0.1, 0.15) is 94.7 Å². The van der Waals surface area contributed by atoms with Crippen LogP contribution in [0.2, 0.25) is 0 Å². The number of fused-ring (bicyclic) bond motifs is 10. The Morgan fingerprint density at radius 1 is 0.578 bits per heavy atom. The fourth-order valence-electron chi connectivity index (χ4n) is 11.7. The Labute approximate surface area is 383 Å². The fraction of sp³-hybridized carbons (Fsp3) is 0.254. The second kappa shape index (κ2) is 13.5. The standard InChI is InChI=1S/C59H56BN3S/c1-35-18-11-14-23-46(35)61(47-24-15-12-19-36(47)2)39-26-27-44-49(33-39)62(48-34-43-42(30-37(48)3)58(7,8)28-29-59(43,9)10)50-31-38(57(4,5)6)32-51-54(50)60(44)45-22-17-21-41-53-40-20-13-16-25-52(40)64-56(53)63(51)55(41)45/h11-27,30-34H,28-29H2,1-10H3. The van der Waals surface area contributed by atoms with Crippen LogP contribution in [-0.2, 0) is 16.2 Å². The van der Waals surface area contributed by atoms with Gasteiger partial charge in [0.25, 0.3) is 6.71 Å². The van der Waals surface area contributed by atoms with E-state index in [2.05, 4.69) is 217 Å². The summed E-state index contributed by atoms with van der Waals surface area (Å²) in [6, 6.07) is 51.5. The lowest BCUT2D eigenvalue weighted by Gasteiger charge is -2.45. The van der Waals surface area contributed by atoms with E-state index in [1.165, 1.54) is 128 Å². The highest BCUT2D eigenvalue weighted by molar-refractivity contribution is 7.26. The summed E-state index contributed by atoms with van der Waals surface area (Å²) in [5.41, 5.74) is 22.3. The van der Waals surface area contributed by atoms with Crippen LogP contribution in [0.3, 0.4) is 0 Å². The molecule has 3 nitrogen and oxygen atoms in total. The third-order valence-corrected chi connectivity index (χ3v) is 16.5. The zero-order valence-electron chi connectivity index (χ0n) is 38.9. The van der Waals surface area contributed by atoms with E-state index in [0.29, 0.717) is 0 Å². The smallest absolute Gasteiger partial charge is 0.252 e. The van der Waals surface area contributed by atoms with E-state index in [-0.39, 0.29) is 23.0 Å². The molecule has 0 saturated heterocycles. The molecule has 1 aliphatic carbocycles. The molecule has 7 aromatic carbocycles. The first-order chi connectivity index (χ1) is 30.6. The molecule has 0 fully saturated rings. The van der Waals surface area contributed by atoms with E-state index in [9.17, 15) is 0 Å². The lowest BCUT2D eigenvalue weighted by atomic mass is 9.33. The summed E-state index contributed by atoms with van der Waals surface area (Å²) in [6.45, 7) is 23.9. The summed E-state index contributed by atoms with van der Waals surface area (Å²) in [4.78, 5) is 6.53. The van der Waals surface area contributed by atoms with Crippen molar-refractivity contribution in [1.29, 1.82) is 0 Å². The van der Waals surface area contributed by atoms with E-state index in [4.69, 9.17) is 0 Å². The SMILES string of the molecule is Cc1ccccc1N(c1ccc2c(c1)N(c1cc3c(cc1C)C(C)(C)CCC3(C)C)c1cc(C(C)(C)C)cc3c1B2c1cccc2c4c5ccccc5sc4n-3c12)c1ccccc1C. The number of aromatic nitrogens is 1. The summed E-state index contributed by atoms with van der Waals surface area (Å²) in [6.07, 6.45) is 2.36. The second-order valence-corrected chi connectivity index (χ2v) is 22.4. The van der Waals surface area contributed by atoms with Crippen molar-refractivity contribution < 1.29 is 0 Å². The number of anilines is 6. The van der Waals surface area contributed by atoms with Crippen molar-refractivity contribution >= 4 is 99.8 Å². The van der Waals surface area contributed by atoms with Crippen LogP contribution in [0.15, 0.2) is 133 Å². The van der Waals surface area contributed by atoms with Gasteiger partial charge in [-0.3, -0.25) is 0 Å². The predicted octanol–water partition coefficient (Wildman–Crippen LogP) is 14.7. The van der Waals surface area contributed by atoms with Crippen LogP contribution >= 0.6 is 11.3 Å². The maximum Gasteiger partial charge on any atom is 0.252 e. The van der Waals surface area contributed by atoms with Gasteiger partial charge in [0.15, 0.2) is 0 Å². The van der Waals surface area contributed by atoms with Gasteiger partial charge in [0.1, 0.15) is 4.83 Å². The van der Waals surface area contributed by atoms with Crippen LogP contribution in [0, 0.1) is 20.8 Å². The normalized spacial score (nSPS) is 15.7. The maximum atomic E-state index is 2.70. The zero-order chi connectivity index (χ0) is 44.2. The van der Waals surface area contributed by atoms with Gasteiger partial charge in [0.05, 0.1) is 5.52 Å². The maximum absolute atomic E-state index is 2.70. The second-order valence-electron chi connectivity index (χ2n) is 21.4. The molecule has 0 bridgehead atoms. The molecular weight excluding hydrogens is 794 g/mol. The molecule has 2 aliphatic heterocycles. The molecule has 4 heterocycles. The lowest BCUT2D eigenvalue weighted by Crippen LogP contribution is -2.60. The largest absolute Gasteiger partial charge is 0.311 e. The number of aryl methyl sites for hydroxylation is 3. The fourth-order valence-corrected chi connectivity index (χ4v) is 13.0. The van der Waals surface area contributed by atoms with Crippen LogP contribution in [0.25, 0.3) is 36.9 Å². The van der Waals surface area contributed by atoms with Gasteiger partial charge < -0.3 is 14.4 Å². The molecule has 64 heavy (non-hydrogen) atoms. The third-order valence-electron chi connectivity index (χ3n) is 15.4. The number of thiophene rings is 1. The molecule has 0 spiro atoms. The summed E-state index contributed by atoms with van der Waals surface area (Å²) < 4.78 is 4.00. The predicted molar refractivity (Wildman–Crippen MR) is 278 cm³/mol. The Balaban J connectivity index is 1.23. The van der Waals surface area contributed by atoms with Gasteiger partial charge in [0.2, 0.25) is 0 Å². The summed E-state index contributed by atoms with van der Waals surface area (Å²) in [7, 11) is 0. The highest BCUT2D eigenvalue weighted by Gasteiger charge is 2.45. The Bertz CT molecular complexity index is 3400. The first-order valence-corrected chi connectivity index (χ1v) is 24.1. The topological polar surface area (TPSA) is 11.4 Å². The van der Waals surface area contributed by atoms with E-state index in [1.807, 2.05) is 11.3 Å². The number of hydrogen-bond donors (Lipinski definition) is 0. The molecule has 0 atom stereocenters. The average Bonchev–Trinajstić information content (AvgIpc) is 3.80. The first kappa shape index (κ1) is 39.5. The molecule has 0 amide bonds. The van der Waals surface area contributed by atoms with Crippen molar-refractivity contribution in [3.05, 3.63) is 167 Å². The molecule has 0 radical (unpaired) electrons. The van der Waals surface area contributed by atoms with Gasteiger partial charge in [-0.15, -0.1) is 11.3 Å². The Morgan fingerprint density at radius 2 is 1.20 bits per heavy atom. The molecule has 5 heteroatoms. The van der Waals surface area contributed by atoms with Crippen LogP contribution in [0.5, 0.6) is 0 Å². The van der Waals surface area contributed by atoms with Crippen molar-refractivity contribution in [2.75, 3.05) is 9.80 Å². The van der Waals surface area contributed by atoms with Gasteiger partial charge in [-0.2, -0.15) is 0 Å². The molecule has 12 rings (SSSR count). The Kier molecular flexibility index (Phi) is 8.34. The molecule has 0 unspecified atom stereocenters. The van der Waals surface area contributed by atoms with Crippen molar-refractivity contribution in [2.45, 2.75) is 98.3 Å². The minimum atomic E-state index is -0.0965.